The van der Waals surface area contributed by atoms with Crippen molar-refractivity contribution < 1.29 is 17.9 Å². The van der Waals surface area contributed by atoms with E-state index in [-0.39, 0.29) is 10.8 Å². The number of aryl methyl sites for hydroxylation is 1. The molecule has 0 radical (unpaired) electrons. The van der Waals surface area contributed by atoms with Crippen LogP contribution in [0.15, 0.2) is 23.1 Å². The number of ether oxygens (including phenoxy) is 1. The number of hydrogen-bond donors (Lipinski definition) is 1. The molecule has 2 saturated heterocycles. The van der Waals surface area contributed by atoms with Crippen LogP contribution in [0.3, 0.4) is 0 Å². The molecular formula is C19H29N3O4S. The van der Waals surface area contributed by atoms with Crippen LogP contribution < -0.4 is 5.32 Å². The van der Waals surface area contributed by atoms with Gasteiger partial charge >= 0.3 is 0 Å². The molecule has 3 rings (SSSR count). The Balaban J connectivity index is 1.58. The third-order valence-electron chi connectivity index (χ3n) is 5.17. The van der Waals surface area contributed by atoms with Crippen molar-refractivity contribution in [3.05, 3.63) is 29.3 Å². The molecule has 0 atom stereocenters. The first-order valence-electron chi connectivity index (χ1n) is 9.67. The second-order valence-electron chi connectivity index (χ2n) is 7.15. The first-order chi connectivity index (χ1) is 13.0. The quantitative estimate of drug-likeness (QED) is 0.703. The first kappa shape index (κ1) is 20.3. The zero-order valence-corrected chi connectivity index (χ0v) is 16.8. The number of nitrogens with zero attached hydrogens (tertiary/aromatic N) is 2. The SMILES string of the molecule is Cc1ccc(C(=O)NCCCN2CCOCC2)cc1S(=O)(=O)N1CCCC1. The predicted molar refractivity (Wildman–Crippen MR) is 103 cm³/mol. The van der Waals surface area contributed by atoms with Crippen molar-refractivity contribution in [2.24, 2.45) is 0 Å². The largest absolute Gasteiger partial charge is 0.379 e. The number of carbonyl (C=O) groups excluding carboxylic acids is 1. The molecule has 2 fully saturated rings. The van der Waals surface area contributed by atoms with Gasteiger partial charge in [-0.25, -0.2) is 8.42 Å². The molecule has 1 amide bonds. The van der Waals surface area contributed by atoms with Crippen LogP contribution in [-0.2, 0) is 14.8 Å². The molecule has 0 bridgehead atoms. The second-order valence-corrected chi connectivity index (χ2v) is 9.06. The van der Waals surface area contributed by atoms with Crippen molar-refractivity contribution in [3.63, 3.8) is 0 Å². The average Bonchev–Trinajstić information content (AvgIpc) is 3.22. The zero-order valence-electron chi connectivity index (χ0n) is 15.9. The number of rotatable bonds is 7. The highest BCUT2D eigenvalue weighted by Crippen LogP contribution is 2.24. The van der Waals surface area contributed by atoms with E-state index in [1.165, 1.54) is 10.4 Å². The van der Waals surface area contributed by atoms with E-state index in [9.17, 15) is 13.2 Å². The van der Waals surface area contributed by atoms with E-state index in [0.717, 1.165) is 52.1 Å². The molecule has 7 nitrogen and oxygen atoms in total. The number of hydrogen-bond acceptors (Lipinski definition) is 5. The molecule has 0 spiro atoms. The van der Waals surface area contributed by atoms with Crippen LogP contribution in [0.4, 0.5) is 0 Å². The van der Waals surface area contributed by atoms with E-state index in [4.69, 9.17) is 4.74 Å². The summed E-state index contributed by atoms with van der Waals surface area (Å²) < 4.78 is 32.5. The Hall–Kier alpha value is -1.48. The summed E-state index contributed by atoms with van der Waals surface area (Å²) in [5.41, 5.74) is 1.07. The van der Waals surface area contributed by atoms with Gasteiger partial charge in [0.05, 0.1) is 18.1 Å². The lowest BCUT2D eigenvalue weighted by molar-refractivity contribution is 0.0374. The Morgan fingerprint density at radius 3 is 2.56 bits per heavy atom. The molecule has 8 heteroatoms. The van der Waals surface area contributed by atoms with Gasteiger partial charge in [-0.2, -0.15) is 4.31 Å². The standard InChI is InChI=1S/C19H29N3O4S/c1-16-5-6-17(15-18(16)27(24,25)22-9-2-3-10-22)19(23)20-7-4-8-21-11-13-26-14-12-21/h5-6,15H,2-4,7-14H2,1H3,(H,20,23). The number of carbonyl (C=O) groups is 1. The van der Waals surface area contributed by atoms with Crippen molar-refractivity contribution in [1.82, 2.24) is 14.5 Å². The summed E-state index contributed by atoms with van der Waals surface area (Å²) in [4.78, 5) is 15.0. The summed E-state index contributed by atoms with van der Waals surface area (Å²) in [7, 11) is -3.53. The lowest BCUT2D eigenvalue weighted by Gasteiger charge is -2.26. The molecule has 0 aliphatic carbocycles. The summed E-state index contributed by atoms with van der Waals surface area (Å²) in [5, 5.41) is 2.90. The number of morpholine rings is 1. The highest BCUT2D eigenvalue weighted by Gasteiger charge is 2.29. The Morgan fingerprint density at radius 2 is 1.85 bits per heavy atom. The van der Waals surface area contributed by atoms with E-state index in [1.54, 1.807) is 19.1 Å². The molecule has 1 aromatic carbocycles. The molecule has 0 saturated carbocycles. The molecule has 2 aliphatic heterocycles. The number of sulfonamides is 1. The maximum atomic E-state index is 12.8. The minimum absolute atomic E-state index is 0.227. The third kappa shape index (κ3) is 5.07. The summed E-state index contributed by atoms with van der Waals surface area (Å²) in [6, 6.07) is 4.92. The van der Waals surface area contributed by atoms with Gasteiger partial charge < -0.3 is 10.1 Å². The van der Waals surface area contributed by atoms with E-state index < -0.39 is 10.0 Å². The Bertz CT molecular complexity index is 754. The lowest BCUT2D eigenvalue weighted by Crippen LogP contribution is -2.38. The van der Waals surface area contributed by atoms with Gasteiger partial charge in [-0.05, 0) is 50.4 Å². The van der Waals surface area contributed by atoms with E-state index >= 15 is 0 Å². The molecule has 1 aromatic rings. The maximum absolute atomic E-state index is 12.8. The van der Waals surface area contributed by atoms with E-state index in [0.29, 0.717) is 30.8 Å². The van der Waals surface area contributed by atoms with Crippen LogP contribution in [0.1, 0.15) is 35.2 Å². The maximum Gasteiger partial charge on any atom is 0.251 e. The van der Waals surface area contributed by atoms with Crippen LogP contribution in [0.5, 0.6) is 0 Å². The van der Waals surface area contributed by atoms with Gasteiger partial charge in [0.25, 0.3) is 5.91 Å². The normalized spacial score (nSPS) is 19.3. The van der Waals surface area contributed by atoms with Crippen LogP contribution in [0.25, 0.3) is 0 Å². The number of nitrogens with one attached hydrogen (secondary N) is 1. The van der Waals surface area contributed by atoms with Gasteiger partial charge in [-0.1, -0.05) is 6.07 Å². The fourth-order valence-corrected chi connectivity index (χ4v) is 5.29. The minimum Gasteiger partial charge on any atom is -0.379 e. The topological polar surface area (TPSA) is 79.0 Å². The Kier molecular flexibility index (Phi) is 6.86. The second kappa shape index (κ2) is 9.14. The van der Waals surface area contributed by atoms with Gasteiger partial charge in [0.15, 0.2) is 0 Å². The van der Waals surface area contributed by atoms with E-state index in [1.807, 2.05) is 0 Å². The summed E-state index contributed by atoms with van der Waals surface area (Å²) in [6.07, 6.45) is 2.64. The molecule has 150 valence electrons. The Labute approximate surface area is 161 Å². The van der Waals surface area contributed by atoms with Crippen molar-refractivity contribution in [3.8, 4) is 0 Å². The fourth-order valence-electron chi connectivity index (χ4n) is 3.52. The summed E-state index contributed by atoms with van der Waals surface area (Å²) in [5.74, 6) is -0.227. The van der Waals surface area contributed by atoms with Crippen molar-refractivity contribution in [2.75, 3.05) is 52.5 Å². The molecule has 0 aromatic heterocycles. The molecular weight excluding hydrogens is 366 g/mol. The van der Waals surface area contributed by atoms with Gasteiger partial charge in [0, 0.05) is 38.3 Å². The van der Waals surface area contributed by atoms with Crippen LogP contribution in [-0.4, -0.2) is 76.0 Å². The predicted octanol–water partition coefficient (Wildman–Crippen LogP) is 1.23. The molecule has 0 unspecified atom stereocenters. The van der Waals surface area contributed by atoms with Gasteiger partial charge in [-0.15, -0.1) is 0 Å². The highest BCUT2D eigenvalue weighted by molar-refractivity contribution is 7.89. The van der Waals surface area contributed by atoms with Crippen LogP contribution in [0, 0.1) is 6.92 Å². The lowest BCUT2D eigenvalue weighted by atomic mass is 10.1. The van der Waals surface area contributed by atoms with Gasteiger partial charge in [-0.3, -0.25) is 9.69 Å². The number of benzene rings is 1. The zero-order chi connectivity index (χ0) is 19.3. The van der Waals surface area contributed by atoms with Crippen LogP contribution >= 0.6 is 0 Å². The first-order valence-corrected chi connectivity index (χ1v) is 11.1. The average molecular weight is 396 g/mol. The fraction of sp³-hybridized carbons (Fsp3) is 0.632. The monoisotopic (exact) mass is 395 g/mol. The van der Waals surface area contributed by atoms with Crippen molar-refractivity contribution in [1.29, 1.82) is 0 Å². The van der Waals surface area contributed by atoms with Crippen molar-refractivity contribution >= 4 is 15.9 Å². The molecule has 1 N–H and O–H groups in total. The summed E-state index contributed by atoms with van der Waals surface area (Å²) in [6.45, 7) is 7.78. The summed E-state index contributed by atoms with van der Waals surface area (Å²) >= 11 is 0. The molecule has 2 aliphatic rings. The van der Waals surface area contributed by atoms with Crippen LogP contribution in [0.2, 0.25) is 0 Å². The Morgan fingerprint density at radius 1 is 1.15 bits per heavy atom. The van der Waals surface area contributed by atoms with Gasteiger partial charge in [0.1, 0.15) is 0 Å². The van der Waals surface area contributed by atoms with E-state index in [2.05, 4.69) is 10.2 Å². The highest BCUT2D eigenvalue weighted by atomic mass is 32.2. The molecule has 2 heterocycles. The smallest absolute Gasteiger partial charge is 0.251 e. The molecule has 27 heavy (non-hydrogen) atoms. The minimum atomic E-state index is -3.53. The number of amides is 1. The third-order valence-corrected chi connectivity index (χ3v) is 7.21. The van der Waals surface area contributed by atoms with Gasteiger partial charge in [0.2, 0.25) is 10.0 Å². The van der Waals surface area contributed by atoms with Crippen molar-refractivity contribution in [2.45, 2.75) is 31.1 Å².